The molecule has 34 heavy (non-hydrogen) atoms. The van der Waals surface area contributed by atoms with Crippen LogP contribution >= 0.6 is 11.3 Å². The minimum atomic E-state index is -0.249. The number of carbonyl (C=O) groups is 1. The molecule has 0 fully saturated rings. The number of rotatable bonds is 7. The molecule has 3 aromatic heterocycles. The van der Waals surface area contributed by atoms with Gasteiger partial charge in [-0.3, -0.25) is 4.79 Å². The molecule has 0 aliphatic rings. The molecule has 3 heterocycles. The lowest BCUT2D eigenvalue weighted by Gasteiger charge is -2.03. The van der Waals surface area contributed by atoms with Crippen LogP contribution in [0.15, 0.2) is 88.8 Å². The third-order valence-corrected chi connectivity index (χ3v) is 5.96. The first kappa shape index (κ1) is 21.5. The van der Waals surface area contributed by atoms with Gasteiger partial charge in [-0.15, -0.1) is 21.5 Å². The van der Waals surface area contributed by atoms with E-state index in [-0.39, 0.29) is 5.91 Å². The summed E-state index contributed by atoms with van der Waals surface area (Å²) < 4.78 is 7.44. The molecule has 0 saturated carbocycles. The minimum Gasteiger partial charge on any atom is -0.421 e. The molecule has 5 aromatic rings. The molecule has 0 atom stereocenters. The zero-order chi connectivity index (χ0) is 23.3. The molecule has 1 amide bonds. The number of thiophene rings is 1. The van der Waals surface area contributed by atoms with Gasteiger partial charge in [-0.2, -0.15) is 5.10 Å². The second kappa shape index (κ2) is 9.68. The van der Waals surface area contributed by atoms with Gasteiger partial charge in [0.2, 0.25) is 17.7 Å². The van der Waals surface area contributed by atoms with Gasteiger partial charge in [0.1, 0.15) is 5.69 Å². The van der Waals surface area contributed by atoms with Crippen LogP contribution in [-0.4, -0.2) is 25.9 Å². The predicted molar refractivity (Wildman–Crippen MR) is 134 cm³/mol. The van der Waals surface area contributed by atoms with E-state index < -0.39 is 0 Å². The highest BCUT2D eigenvalue weighted by atomic mass is 32.1. The van der Waals surface area contributed by atoms with E-state index in [1.54, 1.807) is 17.4 Å². The van der Waals surface area contributed by atoms with Crippen LogP contribution in [0.2, 0.25) is 0 Å². The molecule has 0 radical (unpaired) electrons. The fourth-order valence-corrected chi connectivity index (χ4v) is 4.15. The maximum absolute atomic E-state index is 12.7. The smallest absolute Gasteiger partial charge is 0.248 e. The Morgan fingerprint density at radius 1 is 1.09 bits per heavy atom. The van der Waals surface area contributed by atoms with Crippen LogP contribution in [0.25, 0.3) is 33.8 Å². The van der Waals surface area contributed by atoms with E-state index >= 15 is 0 Å². The summed E-state index contributed by atoms with van der Waals surface area (Å²) >= 11 is 1.61. The first-order chi connectivity index (χ1) is 16.7. The zero-order valence-corrected chi connectivity index (χ0v) is 19.2. The van der Waals surface area contributed by atoms with Crippen LogP contribution in [0.1, 0.15) is 18.4 Å². The molecule has 5 rings (SSSR count). The number of benzene rings is 2. The molecule has 1 N–H and O–H groups in total. The number of nitrogens with zero attached hydrogens (tertiary/aromatic N) is 4. The standard InChI is InChI=1S/C26H21N5O2S/c1-2-24-28-29-26(33-24)18-8-6-9-20(16-18)27-23(32)14-13-19-17-31(21-10-4-3-5-11-21)30-25(19)22-12-7-15-34-22/h3-17H,2H2,1H3,(H,27,32). The van der Waals surface area contributed by atoms with Crippen LogP contribution in [0.5, 0.6) is 0 Å². The summed E-state index contributed by atoms with van der Waals surface area (Å²) in [6.45, 7) is 1.95. The molecule has 0 aliphatic heterocycles. The third kappa shape index (κ3) is 4.72. The van der Waals surface area contributed by atoms with Crippen molar-refractivity contribution in [1.29, 1.82) is 0 Å². The predicted octanol–water partition coefficient (Wildman–Crippen LogP) is 5.87. The van der Waals surface area contributed by atoms with Gasteiger partial charge in [-0.1, -0.05) is 37.3 Å². The van der Waals surface area contributed by atoms with Crippen LogP contribution < -0.4 is 5.32 Å². The lowest BCUT2D eigenvalue weighted by atomic mass is 10.2. The first-order valence-electron chi connectivity index (χ1n) is 10.8. The Morgan fingerprint density at radius 2 is 1.97 bits per heavy atom. The molecule has 168 valence electrons. The Morgan fingerprint density at radius 3 is 2.74 bits per heavy atom. The Bertz CT molecular complexity index is 1440. The fraction of sp³-hybridized carbons (Fsp3) is 0.0769. The number of amides is 1. The molecule has 0 aliphatic carbocycles. The van der Waals surface area contributed by atoms with Gasteiger partial charge in [0.05, 0.1) is 10.6 Å². The summed E-state index contributed by atoms with van der Waals surface area (Å²) in [5, 5.41) is 17.7. The maximum Gasteiger partial charge on any atom is 0.248 e. The molecule has 0 spiro atoms. The molecule has 7 nitrogen and oxygen atoms in total. The molecular formula is C26H21N5O2S. The number of anilines is 1. The van der Waals surface area contributed by atoms with Crippen molar-refractivity contribution < 1.29 is 9.21 Å². The van der Waals surface area contributed by atoms with Crippen LogP contribution in [0.4, 0.5) is 5.69 Å². The SMILES string of the molecule is CCc1nnc(-c2cccc(NC(=O)C=Cc3cn(-c4ccccc4)nc3-c3cccs3)c2)o1. The van der Waals surface area contributed by atoms with E-state index in [2.05, 4.69) is 15.5 Å². The van der Waals surface area contributed by atoms with Gasteiger partial charge in [0.25, 0.3) is 0 Å². The van der Waals surface area contributed by atoms with E-state index in [1.807, 2.05) is 89.9 Å². The Hall–Kier alpha value is -4.30. The first-order valence-corrected chi connectivity index (χ1v) is 11.7. The van der Waals surface area contributed by atoms with Gasteiger partial charge in [0, 0.05) is 35.5 Å². The summed E-state index contributed by atoms with van der Waals surface area (Å²) in [6.07, 6.45) is 5.89. The van der Waals surface area contributed by atoms with Crippen molar-refractivity contribution >= 4 is 29.0 Å². The van der Waals surface area contributed by atoms with E-state index in [1.165, 1.54) is 6.08 Å². The Labute approximate surface area is 200 Å². The average molecular weight is 468 g/mol. The molecule has 0 unspecified atom stereocenters. The summed E-state index contributed by atoms with van der Waals surface area (Å²) in [5.74, 6) is 0.754. The summed E-state index contributed by atoms with van der Waals surface area (Å²) in [4.78, 5) is 13.7. The van der Waals surface area contributed by atoms with Crippen molar-refractivity contribution in [1.82, 2.24) is 20.0 Å². The van der Waals surface area contributed by atoms with Gasteiger partial charge >= 0.3 is 0 Å². The van der Waals surface area contributed by atoms with Gasteiger partial charge in [0.15, 0.2) is 0 Å². The maximum atomic E-state index is 12.7. The molecule has 0 bridgehead atoms. The molecule has 2 aromatic carbocycles. The van der Waals surface area contributed by atoms with Crippen molar-refractivity contribution in [2.45, 2.75) is 13.3 Å². The third-order valence-electron chi connectivity index (χ3n) is 5.08. The Balaban J connectivity index is 1.36. The number of hydrogen-bond acceptors (Lipinski definition) is 6. The number of hydrogen-bond donors (Lipinski definition) is 1. The summed E-state index contributed by atoms with van der Waals surface area (Å²) in [7, 11) is 0. The Kier molecular flexibility index (Phi) is 6.13. The number of aromatic nitrogens is 4. The summed E-state index contributed by atoms with van der Waals surface area (Å²) in [6, 6.07) is 21.2. The van der Waals surface area contributed by atoms with Crippen molar-refractivity contribution in [3.63, 3.8) is 0 Å². The lowest BCUT2D eigenvalue weighted by molar-refractivity contribution is -0.111. The normalized spacial score (nSPS) is 11.2. The van der Waals surface area contributed by atoms with Crippen LogP contribution in [0, 0.1) is 0 Å². The largest absolute Gasteiger partial charge is 0.421 e. The van der Waals surface area contributed by atoms with E-state index in [9.17, 15) is 4.79 Å². The van der Waals surface area contributed by atoms with Gasteiger partial charge in [-0.05, 0) is 47.9 Å². The quantitative estimate of drug-likeness (QED) is 0.303. The highest BCUT2D eigenvalue weighted by Crippen LogP contribution is 2.29. The lowest BCUT2D eigenvalue weighted by Crippen LogP contribution is -2.07. The van der Waals surface area contributed by atoms with Gasteiger partial charge < -0.3 is 9.73 Å². The number of para-hydroxylation sites is 1. The molecular weight excluding hydrogens is 446 g/mol. The second-order valence-electron chi connectivity index (χ2n) is 7.45. The molecule has 0 saturated heterocycles. The van der Waals surface area contributed by atoms with E-state index in [4.69, 9.17) is 9.52 Å². The van der Waals surface area contributed by atoms with Crippen LogP contribution in [0.3, 0.4) is 0 Å². The molecule has 8 heteroatoms. The average Bonchev–Trinajstić information content (AvgIpc) is 3.64. The van der Waals surface area contributed by atoms with E-state index in [0.717, 1.165) is 27.4 Å². The minimum absolute atomic E-state index is 0.249. The van der Waals surface area contributed by atoms with E-state index in [0.29, 0.717) is 23.9 Å². The van der Waals surface area contributed by atoms with Crippen molar-refractivity contribution in [3.8, 4) is 27.7 Å². The second-order valence-corrected chi connectivity index (χ2v) is 8.40. The van der Waals surface area contributed by atoms with Gasteiger partial charge in [-0.25, -0.2) is 4.68 Å². The monoisotopic (exact) mass is 467 g/mol. The zero-order valence-electron chi connectivity index (χ0n) is 18.4. The highest BCUT2D eigenvalue weighted by Gasteiger charge is 2.12. The summed E-state index contributed by atoms with van der Waals surface area (Å²) in [5.41, 5.74) is 4.02. The number of carbonyl (C=O) groups excluding carboxylic acids is 1. The number of nitrogens with one attached hydrogen (secondary N) is 1. The topological polar surface area (TPSA) is 85.8 Å². The van der Waals surface area contributed by atoms with Crippen molar-refractivity contribution in [2.75, 3.05) is 5.32 Å². The van der Waals surface area contributed by atoms with Crippen molar-refractivity contribution in [3.05, 3.63) is 95.8 Å². The fourth-order valence-electron chi connectivity index (χ4n) is 3.42. The highest BCUT2D eigenvalue weighted by molar-refractivity contribution is 7.13. The number of aryl methyl sites for hydroxylation is 1. The van der Waals surface area contributed by atoms with Crippen molar-refractivity contribution in [2.24, 2.45) is 0 Å². The van der Waals surface area contributed by atoms with Crippen LogP contribution in [-0.2, 0) is 11.2 Å².